The Bertz CT molecular complexity index is 682. The molecule has 0 saturated carbocycles. The first-order chi connectivity index (χ1) is 11.5. The van der Waals surface area contributed by atoms with E-state index in [-0.39, 0.29) is 24.3 Å². The van der Waals surface area contributed by atoms with Crippen LogP contribution in [0.15, 0.2) is 54.6 Å². The second kappa shape index (κ2) is 8.26. The summed E-state index contributed by atoms with van der Waals surface area (Å²) in [4.78, 5) is 25.3. The predicted octanol–water partition coefficient (Wildman–Crippen LogP) is 2.35. The number of carbonyl (C=O) groups excluding carboxylic acids is 2. The van der Waals surface area contributed by atoms with Crippen LogP contribution >= 0.6 is 0 Å². The van der Waals surface area contributed by atoms with E-state index in [0.717, 1.165) is 11.1 Å². The zero-order valence-electron chi connectivity index (χ0n) is 14.0. The first-order valence-electron chi connectivity index (χ1n) is 7.85. The highest BCUT2D eigenvalue weighted by molar-refractivity contribution is 5.91. The van der Waals surface area contributed by atoms with Crippen molar-refractivity contribution in [3.63, 3.8) is 0 Å². The van der Waals surface area contributed by atoms with Gasteiger partial charge >= 0.3 is 0 Å². The molecular formula is C19H23N3O2. The van der Waals surface area contributed by atoms with Gasteiger partial charge in [0.05, 0.1) is 6.42 Å². The molecule has 126 valence electrons. The number of benzene rings is 2. The van der Waals surface area contributed by atoms with E-state index in [0.29, 0.717) is 12.1 Å². The van der Waals surface area contributed by atoms with Crippen LogP contribution in [-0.2, 0) is 16.0 Å². The summed E-state index contributed by atoms with van der Waals surface area (Å²) in [5.41, 5.74) is 8.59. The summed E-state index contributed by atoms with van der Waals surface area (Å²) in [6.45, 7) is 0. The molecule has 3 N–H and O–H groups in total. The number of carbonyl (C=O) groups is 2. The summed E-state index contributed by atoms with van der Waals surface area (Å²) in [6.07, 6.45) is 0.561. The first kappa shape index (κ1) is 17.7. The Morgan fingerprint density at radius 2 is 1.67 bits per heavy atom. The van der Waals surface area contributed by atoms with Crippen LogP contribution in [0.25, 0.3) is 0 Å². The maximum absolute atomic E-state index is 12.1. The molecule has 0 spiro atoms. The molecule has 0 radical (unpaired) electrons. The van der Waals surface area contributed by atoms with Crippen LogP contribution in [0.4, 0.5) is 5.69 Å². The van der Waals surface area contributed by atoms with Gasteiger partial charge in [0.1, 0.15) is 0 Å². The zero-order valence-corrected chi connectivity index (χ0v) is 14.0. The van der Waals surface area contributed by atoms with Crippen LogP contribution in [0.5, 0.6) is 0 Å². The number of amides is 2. The molecule has 0 bridgehead atoms. The van der Waals surface area contributed by atoms with Crippen molar-refractivity contribution in [3.8, 4) is 0 Å². The standard InChI is InChI=1S/C19H23N3O2/c1-22(2)19(24)12-14-8-10-16(11-9-14)21-18(23)13-17(20)15-6-4-3-5-7-15/h3-11,17H,12-13,20H2,1-2H3,(H,21,23). The zero-order chi connectivity index (χ0) is 17.5. The van der Waals surface area contributed by atoms with Crippen molar-refractivity contribution < 1.29 is 9.59 Å². The normalized spacial score (nSPS) is 11.6. The van der Waals surface area contributed by atoms with E-state index in [1.54, 1.807) is 31.1 Å². The third-order valence-corrected chi connectivity index (χ3v) is 3.72. The predicted molar refractivity (Wildman–Crippen MR) is 95.5 cm³/mol. The van der Waals surface area contributed by atoms with Crippen molar-refractivity contribution in [2.45, 2.75) is 18.9 Å². The lowest BCUT2D eigenvalue weighted by Crippen LogP contribution is -2.23. The summed E-state index contributed by atoms with van der Waals surface area (Å²) in [6, 6.07) is 16.5. The minimum Gasteiger partial charge on any atom is -0.349 e. The highest BCUT2D eigenvalue weighted by atomic mass is 16.2. The molecule has 1 unspecified atom stereocenters. The summed E-state index contributed by atoms with van der Waals surface area (Å²) in [5.74, 6) is -0.0934. The van der Waals surface area contributed by atoms with Crippen LogP contribution in [0.3, 0.4) is 0 Å². The Morgan fingerprint density at radius 1 is 1.04 bits per heavy atom. The van der Waals surface area contributed by atoms with Crippen LogP contribution in [0.2, 0.25) is 0 Å². The minimum atomic E-state index is -0.330. The van der Waals surface area contributed by atoms with E-state index in [4.69, 9.17) is 5.73 Å². The van der Waals surface area contributed by atoms with Gasteiger partial charge in [0.2, 0.25) is 11.8 Å². The van der Waals surface area contributed by atoms with Gasteiger partial charge < -0.3 is 16.0 Å². The Balaban J connectivity index is 1.89. The number of anilines is 1. The lowest BCUT2D eigenvalue weighted by atomic mass is 10.0. The molecule has 2 aromatic carbocycles. The van der Waals surface area contributed by atoms with Crippen molar-refractivity contribution in [2.75, 3.05) is 19.4 Å². The molecule has 0 fully saturated rings. The Labute approximate surface area is 142 Å². The number of nitrogens with zero attached hydrogens (tertiary/aromatic N) is 1. The molecule has 0 aliphatic rings. The maximum Gasteiger partial charge on any atom is 0.226 e. The average Bonchev–Trinajstić information content (AvgIpc) is 2.57. The second-order valence-corrected chi connectivity index (χ2v) is 5.93. The molecule has 0 saturated heterocycles. The highest BCUT2D eigenvalue weighted by Gasteiger charge is 2.12. The van der Waals surface area contributed by atoms with E-state index in [1.807, 2.05) is 42.5 Å². The van der Waals surface area contributed by atoms with Gasteiger partial charge in [-0.15, -0.1) is 0 Å². The molecule has 2 aromatic rings. The molecule has 0 aliphatic heterocycles. The van der Waals surface area contributed by atoms with Crippen molar-refractivity contribution in [2.24, 2.45) is 5.73 Å². The number of nitrogens with one attached hydrogen (secondary N) is 1. The highest BCUT2D eigenvalue weighted by Crippen LogP contribution is 2.16. The van der Waals surface area contributed by atoms with Gasteiger partial charge in [-0.1, -0.05) is 42.5 Å². The minimum absolute atomic E-state index is 0.0422. The first-order valence-corrected chi connectivity index (χ1v) is 7.85. The van der Waals surface area contributed by atoms with Crippen molar-refractivity contribution in [1.29, 1.82) is 0 Å². The van der Waals surface area contributed by atoms with Gasteiger partial charge in [0.15, 0.2) is 0 Å². The molecule has 24 heavy (non-hydrogen) atoms. The lowest BCUT2D eigenvalue weighted by molar-refractivity contribution is -0.128. The fraction of sp³-hybridized carbons (Fsp3) is 0.263. The molecule has 5 heteroatoms. The molecule has 0 aliphatic carbocycles. The van der Waals surface area contributed by atoms with Gasteiger partial charge in [-0.2, -0.15) is 0 Å². The van der Waals surface area contributed by atoms with E-state index in [1.165, 1.54) is 0 Å². The quantitative estimate of drug-likeness (QED) is 0.856. The third-order valence-electron chi connectivity index (χ3n) is 3.72. The summed E-state index contributed by atoms with van der Waals surface area (Å²) in [7, 11) is 3.46. The average molecular weight is 325 g/mol. The molecule has 2 amide bonds. The Hall–Kier alpha value is -2.66. The molecule has 2 rings (SSSR count). The van der Waals surface area contributed by atoms with E-state index in [2.05, 4.69) is 5.32 Å². The number of rotatable bonds is 6. The molecule has 0 heterocycles. The fourth-order valence-corrected chi connectivity index (χ4v) is 2.27. The van der Waals surface area contributed by atoms with Crippen LogP contribution in [-0.4, -0.2) is 30.8 Å². The van der Waals surface area contributed by atoms with E-state index < -0.39 is 0 Å². The molecule has 0 aromatic heterocycles. The lowest BCUT2D eigenvalue weighted by Gasteiger charge is -2.13. The van der Waals surface area contributed by atoms with Gasteiger partial charge in [-0.3, -0.25) is 9.59 Å². The largest absolute Gasteiger partial charge is 0.349 e. The second-order valence-electron chi connectivity index (χ2n) is 5.93. The molecular weight excluding hydrogens is 302 g/mol. The Kier molecular flexibility index (Phi) is 6.09. The molecule has 5 nitrogen and oxygen atoms in total. The number of nitrogens with two attached hydrogens (primary N) is 1. The smallest absolute Gasteiger partial charge is 0.226 e. The summed E-state index contributed by atoms with van der Waals surface area (Å²) >= 11 is 0. The fourth-order valence-electron chi connectivity index (χ4n) is 2.27. The van der Waals surface area contributed by atoms with Crippen LogP contribution in [0.1, 0.15) is 23.6 Å². The summed E-state index contributed by atoms with van der Waals surface area (Å²) in [5, 5.41) is 2.83. The van der Waals surface area contributed by atoms with Gasteiger partial charge in [0.25, 0.3) is 0 Å². The number of likely N-dealkylation sites (N-methyl/N-ethyl adjacent to an activating group) is 1. The van der Waals surface area contributed by atoms with Crippen molar-refractivity contribution >= 4 is 17.5 Å². The number of hydrogen-bond acceptors (Lipinski definition) is 3. The Morgan fingerprint density at radius 3 is 2.25 bits per heavy atom. The number of hydrogen-bond donors (Lipinski definition) is 2. The van der Waals surface area contributed by atoms with E-state index in [9.17, 15) is 9.59 Å². The maximum atomic E-state index is 12.1. The summed E-state index contributed by atoms with van der Waals surface area (Å²) < 4.78 is 0. The van der Waals surface area contributed by atoms with Gasteiger partial charge in [-0.25, -0.2) is 0 Å². The van der Waals surface area contributed by atoms with E-state index >= 15 is 0 Å². The van der Waals surface area contributed by atoms with Crippen molar-refractivity contribution in [3.05, 3.63) is 65.7 Å². The third kappa shape index (κ3) is 5.21. The monoisotopic (exact) mass is 325 g/mol. The van der Waals surface area contributed by atoms with Crippen molar-refractivity contribution in [1.82, 2.24) is 4.90 Å². The van der Waals surface area contributed by atoms with Gasteiger partial charge in [-0.05, 0) is 23.3 Å². The molecule has 1 atom stereocenters. The topological polar surface area (TPSA) is 75.4 Å². The SMILES string of the molecule is CN(C)C(=O)Cc1ccc(NC(=O)CC(N)c2ccccc2)cc1. The van der Waals surface area contributed by atoms with Gasteiger partial charge in [0, 0.05) is 32.2 Å². The van der Waals surface area contributed by atoms with Crippen LogP contribution in [0, 0.1) is 0 Å². The van der Waals surface area contributed by atoms with Crippen LogP contribution < -0.4 is 11.1 Å².